The van der Waals surface area contributed by atoms with Crippen molar-refractivity contribution in [2.75, 3.05) is 31.7 Å². The quantitative estimate of drug-likeness (QED) is 0.332. The van der Waals surface area contributed by atoms with Crippen molar-refractivity contribution in [2.45, 2.75) is 18.6 Å². The van der Waals surface area contributed by atoms with Crippen molar-refractivity contribution in [1.29, 1.82) is 0 Å². The summed E-state index contributed by atoms with van der Waals surface area (Å²) in [6, 6.07) is 21.4. The van der Waals surface area contributed by atoms with E-state index < -0.39 is 0 Å². The molecule has 0 amide bonds. The molecule has 1 saturated heterocycles. The number of hydrogen-bond donors (Lipinski definition) is 0. The van der Waals surface area contributed by atoms with Gasteiger partial charge in [0.15, 0.2) is 5.69 Å². The van der Waals surface area contributed by atoms with E-state index in [2.05, 4.69) is 14.6 Å². The summed E-state index contributed by atoms with van der Waals surface area (Å²) in [6.45, 7) is 10.1. The third kappa shape index (κ3) is 5.46. The van der Waals surface area contributed by atoms with Gasteiger partial charge in [0, 0.05) is 47.5 Å². The molecule has 0 radical (unpaired) electrons. The van der Waals surface area contributed by atoms with Crippen LogP contribution in [0.5, 0.6) is 0 Å². The van der Waals surface area contributed by atoms with Crippen LogP contribution in [0.4, 0.5) is 11.4 Å². The van der Waals surface area contributed by atoms with E-state index in [0.29, 0.717) is 27.4 Å². The van der Waals surface area contributed by atoms with Gasteiger partial charge in [0.2, 0.25) is 0 Å². The molecule has 1 aliphatic heterocycles. The van der Waals surface area contributed by atoms with E-state index in [1.54, 1.807) is 13.2 Å². The Balaban J connectivity index is 1.73. The van der Waals surface area contributed by atoms with Crippen molar-refractivity contribution >= 4 is 46.2 Å². The predicted octanol–water partition coefficient (Wildman–Crippen LogP) is 7.28. The van der Waals surface area contributed by atoms with E-state index >= 15 is 0 Å². The van der Waals surface area contributed by atoms with Crippen molar-refractivity contribution in [3.63, 3.8) is 0 Å². The second-order valence-electron chi connectivity index (χ2n) is 8.05. The minimum absolute atomic E-state index is 0.0404. The van der Waals surface area contributed by atoms with Gasteiger partial charge in [-0.15, -0.1) is 0 Å². The number of anilines is 1. The Hall–Kier alpha value is -2.26. The zero-order valence-corrected chi connectivity index (χ0v) is 20.5. The number of nitrogens with zero attached hydrogens (tertiary/aromatic N) is 3. The van der Waals surface area contributed by atoms with Crippen LogP contribution in [0, 0.1) is 6.57 Å². The predicted molar refractivity (Wildman–Crippen MR) is 137 cm³/mol. The van der Waals surface area contributed by atoms with Gasteiger partial charge in [-0.2, -0.15) is 0 Å². The fourth-order valence-electron chi connectivity index (χ4n) is 4.46. The second kappa shape index (κ2) is 10.8. The second-order valence-corrected chi connectivity index (χ2v) is 9.33. The maximum Gasteiger partial charge on any atom is 0.187 e. The largest absolute Gasteiger partial charge is 0.383 e. The van der Waals surface area contributed by atoms with Crippen molar-refractivity contribution in [3.05, 3.63) is 104 Å². The molecule has 0 N–H and O–H groups in total. The van der Waals surface area contributed by atoms with E-state index in [1.807, 2.05) is 60.7 Å². The van der Waals surface area contributed by atoms with Crippen molar-refractivity contribution in [2.24, 2.45) is 0 Å². The average Bonchev–Trinajstić information content (AvgIpc) is 2.82. The van der Waals surface area contributed by atoms with Crippen molar-refractivity contribution in [1.82, 2.24) is 4.90 Å². The highest BCUT2D eigenvalue weighted by atomic mass is 35.5. The first kappa shape index (κ1) is 23.9. The average molecular weight is 501 g/mol. The zero-order chi connectivity index (χ0) is 23.4. The fourth-order valence-corrected chi connectivity index (χ4v) is 5.11. The molecule has 3 aromatic rings. The molecular weight excluding hydrogens is 477 g/mol. The van der Waals surface area contributed by atoms with E-state index in [4.69, 9.17) is 46.1 Å². The van der Waals surface area contributed by atoms with E-state index in [1.165, 1.54) is 0 Å². The topological polar surface area (TPSA) is 20.1 Å². The van der Waals surface area contributed by atoms with E-state index in [9.17, 15) is 0 Å². The highest BCUT2D eigenvalue weighted by Gasteiger charge is 2.38. The molecule has 0 saturated carbocycles. The smallest absolute Gasteiger partial charge is 0.187 e. The van der Waals surface area contributed by atoms with Gasteiger partial charge in [0.25, 0.3) is 0 Å². The minimum Gasteiger partial charge on any atom is -0.383 e. The zero-order valence-electron chi connectivity index (χ0n) is 18.2. The maximum absolute atomic E-state index is 7.19. The molecule has 2 atom stereocenters. The SMILES string of the molecule is [C-]#[N+]c1ccc(CN2CCN(c3ccc(Cl)cc3)[C@@H](c3ccc(Cl)cc3Cl)[C@H]2COC)cc1. The van der Waals surface area contributed by atoms with Gasteiger partial charge in [-0.1, -0.05) is 65.1 Å². The molecule has 0 bridgehead atoms. The Labute approximate surface area is 210 Å². The van der Waals surface area contributed by atoms with Crippen LogP contribution in [-0.4, -0.2) is 37.7 Å². The van der Waals surface area contributed by atoms with Crippen LogP contribution in [-0.2, 0) is 11.3 Å². The molecule has 1 fully saturated rings. The molecule has 0 aromatic heterocycles. The first-order chi connectivity index (χ1) is 16.0. The highest BCUT2D eigenvalue weighted by molar-refractivity contribution is 6.35. The monoisotopic (exact) mass is 499 g/mol. The minimum atomic E-state index is -0.0489. The molecule has 0 aliphatic carbocycles. The number of rotatable bonds is 6. The van der Waals surface area contributed by atoms with E-state index in [-0.39, 0.29) is 12.1 Å². The normalized spacial score (nSPS) is 18.8. The third-order valence-electron chi connectivity index (χ3n) is 6.03. The molecule has 7 heteroatoms. The van der Waals surface area contributed by atoms with Crippen LogP contribution >= 0.6 is 34.8 Å². The standard InChI is InChI=1S/C26H24Cl3N3O/c1-30-21-8-3-18(4-9-21)16-31-13-14-32(22-10-5-19(27)6-11-22)26(25(31)17-33-2)23-12-7-20(28)15-24(23)29/h3-12,15,25-26H,13-14,16-17H2,2H3/t25-,26+/m1/s1. The summed E-state index contributed by atoms with van der Waals surface area (Å²) >= 11 is 19.1. The lowest BCUT2D eigenvalue weighted by atomic mass is 9.92. The summed E-state index contributed by atoms with van der Waals surface area (Å²) in [6.07, 6.45) is 0. The number of hydrogen-bond acceptors (Lipinski definition) is 3. The Morgan fingerprint density at radius 2 is 1.64 bits per heavy atom. The van der Waals surface area contributed by atoms with Gasteiger partial charge in [0.1, 0.15) is 0 Å². The van der Waals surface area contributed by atoms with Crippen LogP contribution in [0.2, 0.25) is 15.1 Å². The van der Waals surface area contributed by atoms with Crippen LogP contribution in [0.1, 0.15) is 17.2 Å². The van der Waals surface area contributed by atoms with Crippen LogP contribution in [0.15, 0.2) is 66.7 Å². The summed E-state index contributed by atoms with van der Waals surface area (Å²) < 4.78 is 5.71. The van der Waals surface area contributed by atoms with Crippen LogP contribution < -0.4 is 4.90 Å². The molecule has 1 aliphatic rings. The number of piperazine rings is 1. The summed E-state index contributed by atoms with van der Waals surface area (Å²) in [5, 5.41) is 1.95. The molecule has 33 heavy (non-hydrogen) atoms. The number of ether oxygens (including phenoxy) is 1. The molecule has 4 nitrogen and oxygen atoms in total. The first-order valence-corrected chi connectivity index (χ1v) is 11.8. The fraction of sp³-hybridized carbons (Fsp3) is 0.269. The number of methoxy groups -OCH3 is 1. The Morgan fingerprint density at radius 3 is 2.27 bits per heavy atom. The molecule has 4 rings (SSSR count). The summed E-state index contributed by atoms with van der Waals surface area (Å²) in [5.41, 5.74) is 3.89. The summed E-state index contributed by atoms with van der Waals surface area (Å²) in [5.74, 6) is 0. The van der Waals surface area contributed by atoms with Gasteiger partial charge >= 0.3 is 0 Å². The van der Waals surface area contributed by atoms with Crippen LogP contribution in [0.25, 0.3) is 4.85 Å². The summed E-state index contributed by atoms with van der Waals surface area (Å²) in [7, 11) is 1.73. The Kier molecular flexibility index (Phi) is 7.80. The molecular formula is C26H24Cl3N3O. The van der Waals surface area contributed by atoms with Crippen molar-refractivity contribution in [3.8, 4) is 0 Å². The third-order valence-corrected chi connectivity index (χ3v) is 6.84. The lowest BCUT2D eigenvalue weighted by molar-refractivity contribution is 0.0527. The molecule has 0 unspecified atom stereocenters. The van der Waals surface area contributed by atoms with Gasteiger partial charge in [0.05, 0.1) is 25.3 Å². The Morgan fingerprint density at radius 1 is 0.939 bits per heavy atom. The van der Waals surface area contributed by atoms with Gasteiger partial charge < -0.3 is 9.64 Å². The highest BCUT2D eigenvalue weighted by Crippen LogP contribution is 2.40. The van der Waals surface area contributed by atoms with Gasteiger partial charge in [-0.3, -0.25) is 4.90 Å². The molecule has 3 aromatic carbocycles. The molecule has 0 spiro atoms. The van der Waals surface area contributed by atoms with E-state index in [0.717, 1.165) is 36.4 Å². The molecule has 170 valence electrons. The van der Waals surface area contributed by atoms with Crippen LogP contribution in [0.3, 0.4) is 0 Å². The first-order valence-electron chi connectivity index (χ1n) is 10.7. The maximum atomic E-state index is 7.19. The van der Waals surface area contributed by atoms with Gasteiger partial charge in [-0.05, 0) is 47.5 Å². The number of benzene rings is 3. The molecule has 1 heterocycles. The Bertz CT molecular complexity index is 1130. The number of halogens is 3. The summed E-state index contributed by atoms with van der Waals surface area (Å²) in [4.78, 5) is 8.29. The lowest BCUT2D eigenvalue weighted by Gasteiger charge is -2.49. The van der Waals surface area contributed by atoms with Gasteiger partial charge in [-0.25, -0.2) is 4.85 Å². The lowest BCUT2D eigenvalue weighted by Crippen LogP contribution is -2.56. The van der Waals surface area contributed by atoms with Crippen molar-refractivity contribution < 1.29 is 4.74 Å².